The summed E-state index contributed by atoms with van der Waals surface area (Å²) in [6.07, 6.45) is 0.0791. The summed E-state index contributed by atoms with van der Waals surface area (Å²) in [5.41, 5.74) is 1.70. The van der Waals surface area contributed by atoms with Crippen LogP contribution in [0.15, 0.2) is 29.3 Å². The molecular weight excluding hydrogens is 490 g/mol. The fourth-order valence-corrected chi connectivity index (χ4v) is 2.61. The van der Waals surface area contributed by atoms with Crippen LogP contribution in [-0.2, 0) is 17.9 Å². The summed E-state index contributed by atoms with van der Waals surface area (Å²) in [6.45, 7) is 2.90. The van der Waals surface area contributed by atoms with Gasteiger partial charge in [0, 0.05) is 13.1 Å². The number of alkyl halides is 3. The van der Waals surface area contributed by atoms with Crippen molar-refractivity contribution in [3.05, 3.63) is 35.4 Å². The molecule has 0 fully saturated rings. The fraction of sp³-hybridized carbons (Fsp3) is 0.611. The van der Waals surface area contributed by atoms with Crippen LogP contribution < -0.4 is 10.6 Å². The normalized spacial score (nSPS) is 11.8. The molecule has 9 heteroatoms. The van der Waals surface area contributed by atoms with E-state index >= 15 is 0 Å². The molecule has 1 aromatic rings. The van der Waals surface area contributed by atoms with Gasteiger partial charge in [0.05, 0.1) is 13.2 Å². The quantitative estimate of drug-likeness (QED) is 0.195. The molecule has 0 aromatic heterocycles. The second-order valence-electron chi connectivity index (χ2n) is 5.75. The molecule has 156 valence electrons. The smallest absolute Gasteiger partial charge is 0.367 e. The van der Waals surface area contributed by atoms with E-state index < -0.39 is 12.8 Å². The summed E-state index contributed by atoms with van der Waals surface area (Å²) in [7, 11) is 0. The Morgan fingerprint density at radius 1 is 1.11 bits per heavy atom. The van der Waals surface area contributed by atoms with Crippen molar-refractivity contribution in [2.75, 3.05) is 31.7 Å². The minimum absolute atomic E-state index is 0. The van der Waals surface area contributed by atoms with Gasteiger partial charge in [-0.3, -0.25) is 0 Å². The number of guanidine groups is 1. The molecule has 0 heterocycles. The Hall–Kier alpha value is -0.680. The molecule has 0 aliphatic heterocycles. The van der Waals surface area contributed by atoms with Crippen molar-refractivity contribution >= 4 is 41.7 Å². The van der Waals surface area contributed by atoms with Gasteiger partial charge in [-0.2, -0.15) is 24.9 Å². The number of ether oxygens (including phenoxy) is 1. The third-order valence-electron chi connectivity index (χ3n) is 3.39. The Bertz CT molecular complexity index is 528. The van der Waals surface area contributed by atoms with Crippen molar-refractivity contribution in [3.8, 4) is 0 Å². The van der Waals surface area contributed by atoms with E-state index in [0.29, 0.717) is 12.1 Å². The predicted octanol–water partition coefficient (Wildman–Crippen LogP) is 4.58. The standard InChI is InChI=1S/C18H28F3N3OS.HI/c1-3-22-17(23-10-4-5-11-26-2)24-12-15-6-8-16(9-7-15)13-25-14-18(19,20)21;/h6-9H,3-5,10-14H2,1-2H3,(H2,22,23,24);1H. The molecule has 0 saturated carbocycles. The minimum atomic E-state index is -4.29. The molecule has 0 saturated heterocycles. The van der Waals surface area contributed by atoms with Gasteiger partial charge in [-0.05, 0) is 42.9 Å². The molecule has 0 aliphatic rings. The number of benzene rings is 1. The second-order valence-corrected chi connectivity index (χ2v) is 6.73. The third-order valence-corrected chi connectivity index (χ3v) is 4.09. The average Bonchev–Trinajstić information content (AvgIpc) is 2.59. The van der Waals surface area contributed by atoms with Crippen molar-refractivity contribution in [2.45, 2.75) is 39.1 Å². The van der Waals surface area contributed by atoms with Crippen LogP contribution in [0.1, 0.15) is 30.9 Å². The number of halogens is 4. The lowest BCUT2D eigenvalue weighted by atomic mass is 10.1. The van der Waals surface area contributed by atoms with Crippen LogP contribution in [0.3, 0.4) is 0 Å². The molecule has 0 aliphatic carbocycles. The maximum Gasteiger partial charge on any atom is 0.411 e. The average molecular weight is 519 g/mol. The highest BCUT2D eigenvalue weighted by Crippen LogP contribution is 2.16. The zero-order valence-electron chi connectivity index (χ0n) is 15.8. The summed E-state index contributed by atoms with van der Waals surface area (Å²) in [4.78, 5) is 4.53. The molecule has 4 nitrogen and oxygen atoms in total. The Labute approximate surface area is 181 Å². The highest BCUT2D eigenvalue weighted by atomic mass is 127. The summed E-state index contributed by atoms with van der Waals surface area (Å²) < 4.78 is 40.8. The molecule has 1 aromatic carbocycles. The second kappa shape index (κ2) is 15.3. The van der Waals surface area contributed by atoms with Crippen LogP contribution in [0.2, 0.25) is 0 Å². The zero-order valence-corrected chi connectivity index (χ0v) is 18.9. The summed E-state index contributed by atoms with van der Waals surface area (Å²) in [5, 5.41) is 6.51. The molecule has 0 bridgehead atoms. The number of unbranched alkanes of at least 4 members (excludes halogenated alkanes) is 1. The molecule has 1 rings (SSSR count). The molecule has 0 amide bonds. The number of nitrogens with one attached hydrogen (secondary N) is 2. The van der Waals surface area contributed by atoms with Gasteiger partial charge in [0.15, 0.2) is 5.96 Å². The first-order valence-electron chi connectivity index (χ1n) is 8.68. The van der Waals surface area contributed by atoms with Gasteiger partial charge >= 0.3 is 6.18 Å². The fourth-order valence-electron chi connectivity index (χ4n) is 2.12. The summed E-state index contributed by atoms with van der Waals surface area (Å²) in [5.74, 6) is 1.93. The lowest BCUT2D eigenvalue weighted by Gasteiger charge is -2.11. The van der Waals surface area contributed by atoms with Crippen LogP contribution >= 0.6 is 35.7 Å². The van der Waals surface area contributed by atoms with Crippen molar-refractivity contribution < 1.29 is 17.9 Å². The van der Waals surface area contributed by atoms with Gasteiger partial charge in [-0.1, -0.05) is 24.3 Å². The van der Waals surface area contributed by atoms with Gasteiger partial charge in [0.2, 0.25) is 0 Å². The first-order valence-corrected chi connectivity index (χ1v) is 10.1. The first kappa shape index (κ1) is 26.3. The SMILES string of the molecule is CCNC(=NCc1ccc(COCC(F)(F)F)cc1)NCCCCSC.I. The van der Waals surface area contributed by atoms with Crippen LogP contribution in [0.5, 0.6) is 0 Å². The van der Waals surface area contributed by atoms with Gasteiger partial charge in [0.1, 0.15) is 6.61 Å². The topological polar surface area (TPSA) is 45.7 Å². The van der Waals surface area contributed by atoms with Crippen LogP contribution in [0.4, 0.5) is 13.2 Å². The van der Waals surface area contributed by atoms with Gasteiger partial charge in [-0.15, -0.1) is 24.0 Å². The first-order chi connectivity index (χ1) is 12.4. The van der Waals surface area contributed by atoms with Crippen LogP contribution in [0.25, 0.3) is 0 Å². The number of aliphatic imine (C=N–C) groups is 1. The lowest BCUT2D eigenvalue weighted by molar-refractivity contribution is -0.176. The van der Waals surface area contributed by atoms with Crippen molar-refractivity contribution in [2.24, 2.45) is 4.99 Å². The van der Waals surface area contributed by atoms with Crippen LogP contribution in [0, 0.1) is 0 Å². The molecule has 2 N–H and O–H groups in total. The van der Waals surface area contributed by atoms with E-state index in [1.807, 2.05) is 30.8 Å². The summed E-state index contributed by atoms with van der Waals surface area (Å²) in [6, 6.07) is 7.25. The maximum absolute atomic E-state index is 12.1. The van der Waals surface area contributed by atoms with Crippen molar-refractivity contribution in [1.82, 2.24) is 10.6 Å². The molecule has 0 atom stereocenters. The summed E-state index contributed by atoms with van der Waals surface area (Å²) >= 11 is 1.85. The molecule has 0 radical (unpaired) electrons. The van der Waals surface area contributed by atoms with Crippen molar-refractivity contribution in [1.29, 1.82) is 0 Å². The Morgan fingerprint density at radius 3 is 2.37 bits per heavy atom. The largest absolute Gasteiger partial charge is 0.411 e. The van der Waals surface area contributed by atoms with Gasteiger partial charge < -0.3 is 15.4 Å². The predicted molar refractivity (Wildman–Crippen MR) is 118 cm³/mol. The molecule has 0 spiro atoms. The van der Waals surface area contributed by atoms with Crippen LogP contribution in [-0.4, -0.2) is 43.8 Å². The third kappa shape index (κ3) is 14.0. The van der Waals surface area contributed by atoms with Gasteiger partial charge in [0.25, 0.3) is 0 Å². The highest BCUT2D eigenvalue weighted by molar-refractivity contribution is 14.0. The molecular formula is C18H29F3IN3OS. The van der Waals surface area contributed by atoms with Gasteiger partial charge in [-0.25, -0.2) is 4.99 Å². The van der Waals surface area contributed by atoms with E-state index in [2.05, 4.69) is 26.6 Å². The monoisotopic (exact) mass is 519 g/mol. The molecule has 0 unspecified atom stereocenters. The van der Waals surface area contributed by atoms with E-state index in [-0.39, 0.29) is 30.6 Å². The van der Waals surface area contributed by atoms with E-state index in [1.165, 1.54) is 6.42 Å². The minimum Gasteiger partial charge on any atom is -0.367 e. The number of rotatable bonds is 11. The lowest BCUT2D eigenvalue weighted by Crippen LogP contribution is -2.37. The Morgan fingerprint density at radius 2 is 1.78 bits per heavy atom. The number of thioether (sulfide) groups is 1. The number of hydrogen-bond donors (Lipinski definition) is 2. The van der Waals surface area contributed by atoms with E-state index in [0.717, 1.165) is 36.8 Å². The maximum atomic E-state index is 12.1. The van der Waals surface area contributed by atoms with E-state index in [1.54, 1.807) is 12.1 Å². The Kier molecular flexibility index (Phi) is 14.9. The van der Waals surface area contributed by atoms with E-state index in [9.17, 15) is 13.2 Å². The zero-order chi connectivity index (χ0) is 19.3. The number of nitrogens with zero attached hydrogens (tertiary/aromatic N) is 1. The Balaban J connectivity index is 0.00000676. The van der Waals surface area contributed by atoms with Crippen molar-refractivity contribution in [3.63, 3.8) is 0 Å². The highest BCUT2D eigenvalue weighted by Gasteiger charge is 2.27. The molecule has 27 heavy (non-hydrogen) atoms. The van der Waals surface area contributed by atoms with E-state index in [4.69, 9.17) is 0 Å². The number of hydrogen-bond acceptors (Lipinski definition) is 3.